The molecule has 120 valence electrons. The van der Waals surface area contributed by atoms with Gasteiger partial charge in [0.25, 0.3) is 5.96 Å². The minimum Gasteiger partial charge on any atom is -0.370 e. The van der Waals surface area contributed by atoms with E-state index in [4.69, 9.17) is 17.2 Å². The van der Waals surface area contributed by atoms with Crippen LogP contribution in [0, 0.1) is 10.1 Å². The summed E-state index contributed by atoms with van der Waals surface area (Å²) in [5, 5.41) is 12.1. The van der Waals surface area contributed by atoms with Gasteiger partial charge in [0.1, 0.15) is 0 Å². The summed E-state index contributed by atoms with van der Waals surface area (Å²) < 4.78 is 0. The second kappa shape index (κ2) is 7.02. The first-order valence-electron chi connectivity index (χ1n) is 6.73. The fourth-order valence-corrected chi connectivity index (χ4v) is 3.28. The highest BCUT2D eigenvalue weighted by Gasteiger charge is 2.25. The quantitative estimate of drug-likeness (QED) is 0.264. The van der Waals surface area contributed by atoms with Gasteiger partial charge in [-0.3, -0.25) is 0 Å². The molecule has 1 heterocycles. The number of nitrogens with two attached hydrogens (primary N) is 3. The number of rotatable bonds is 4. The minimum absolute atomic E-state index is 0.0225. The fourth-order valence-electron chi connectivity index (χ4n) is 2.49. The van der Waals surface area contributed by atoms with E-state index in [0.717, 1.165) is 31.4 Å². The van der Waals surface area contributed by atoms with Gasteiger partial charge < -0.3 is 17.2 Å². The van der Waals surface area contributed by atoms with Gasteiger partial charge in [0, 0.05) is 11.3 Å². The number of aromatic nitrogens is 1. The summed E-state index contributed by atoms with van der Waals surface area (Å²) >= 11 is 1.37. The Balaban J connectivity index is 2.02. The molecule has 1 aromatic heterocycles. The van der Waals surface area contributed by atoms with E-state index >= 15 is 0 Å². The summed E-state index contributed by atoms with van der Waals surface area (Å²) in [6, 6.07) is -0.0561. The van der Waals surface area contributed by atoms with Crippen molar-refractivity contribution in [2.24, 2.45) is 27.2 Å². The molecule has 0 aromatic carbocycles. The van der Waals surface area contributed by atoms with Crippen LogP contribution in [0.3, 0.4) is 0 Å². The number of hydrogen-bond acceptors (Lipinski definition) is 6. The highest BCUT2D eigenvalue weighted by molar-refractivity contribution is 7.13. The highest BCUT2D eigenvalue weighted by Crippen LogP contribution is 2.36. The molecule has 0 spiro atoms. The third kappa shape index (κ3) is 4.55. The minimum atomic E-state index is -0.721. The van der Waals surface area contributed by atoms with Gasteiger partial charge in [0.2, 0.25) is 5.13 Å². The SMILES string of the molecule is NC(N)=Nc1nc(C2CCCC(N=C(N)N[N+](=O)[O-])C2)cs1. The van der Waals surface area contributed by atoms with E-state index in [9.17, 15) is 10.1 Å². The molecule has 7 N–H and O–H groups in total. The van der Waals surface area contributed by atoms with Crippen molar-refractivity contribution in [2.75, 3.05) is 0 Å². The van der Waals surface area contributed by atoms with E-state index in [0.29, 0.717) is 5.13 Å². The lowest BCUT2D eigenvalue weighted by atomic mass is 9.84. The molecule has 2 atom stereocenters. The Bertz CT molecular complexity index is 595. The zero-order chi connectivity index (χ0) is 16.1. The largest absolute Gasteiger partial charge is 0.370 e. The summed E-state index contributed by atoms with van der Waals surface area (Å²) in [6.07, 6.45) is 3.53. The van der Waals surface area contributed by atoms with Crippen LogP contribution in [0.2, 0.25) is 0 Å². The van der Waals surface area contributed by atoms with Crippen molar-refractivity contribution in [1.82, 2.24) is 10.4 Å². The number of hydrazine groups is 1. The standard InChI is InChI=1S/C11H18N8O2S/c12-9(13)17-11-16-8(5-22-11)6-2-1-3-7(4-6)15-10(14)18-19(20)21/h5-7H,1-4H2,(H3,14,15,18)(H4,12,13,16,17). The smallest absolute Gasteiger partial charge is 0.251 e. The molecular weight excluding hydrogens is 308 g/mol. The van der Waals surface area contributed by atoms with Gasteiger partial charge in [-0.15, -0.1) is 11.3 Å². The zero-order valence-electron chi connectivity index (χ0n) is 11.8. The number of guanidine groups is 2. The highest BCUT2D eigenvalue weighted by atomic mass is 32.1. The van der Waals surface area contributed by atoms with Gasteiger partial charge in [0.05, 0.1) is 11.7 Å². The average Bonchev–Trinajstić information content (AvgIpc) is 2.85. The first-order valence-corrected chi connectivity index (χ1v) is 7.61. The van der Waals surface area contributed by atoms with Crippen LogP contribution in [-0.4, -0.2) is 28.0 Å². The van der Waals surface area contributed by atoms with Crippen molar-refractivity contribution in [3.8, 4) is 0 Å². The first-order chi connectivity index (χ1) is 10.4. The first kappa shape index (κ1) is 15.9. The van der Waals surface area contributed by atoms with E-state index in [-0.39, 0.29) is 23.9 Å². The van der Waals surface area contributed by atoms with Crippen molar-refractivity contribution in [1.29, 1.82) is 0 Å². The predicted octanol–water partition coefficient (Wildman–Crippen LogP) is 0.170. The summed E-state index contributed by atoms with van der Waals surface area (Å²) in [5.74, 6) is 0.0332. The molecule has 10 nitrogen and oxygen atoms in total. The number of nitrogens with zero attached hydrogens (tertiary/aromatic N) is 4. The molecule has 0 aliphatic heterocycles. The van der Waals surface area contributed by atoms with E-state index in [1.54, 1.807) is 0 Å². The van der Waals surface area contributed by atoms with Gasteiger partial charge in [-0.1, -0.05) is 11.8 Å². The van der Waals surface area contributed by atoms with Crippen LogP contribution in [0.25, 0.3) is 0 Å². The summed E-state index contributed by atoms with van der Waals surface area (Å²) in [5.41, 5.74) is 18.9. The molecule has 1 aliphatic carbocycles. The Morgan fingerprint density at radius 2 is 2.23 bits per heavy atom. The van der Waals surface area contributed by atoms with Crippen molar-refractivity contribution >= 4 is 28.4 Å². The van der Waals surface area contributed by atoms with Crippen molar-refractivity contribution in [3.05, 3.63) is 21.2 Å². The number of thiazole rings is 1. The second-order valence-electron chi connectivity index (χ2n) is 4.99. The second-order valence-corrected chi connectivity index (χ2v) is 5.83. The van der Waals surface area contributed by atoms with Crippen LogP contribution < -0.4 is 22.6 Å². The molecule has 0 saturated heterocycles. The maximum atomic E-state index is 10.3. The molecule has 22 heavy (non-hydrogen) atoms. The van der Waals surface area contributed by atoms with E-state index in [2.05, 4.69) is 15.0 Å². The molecule has 2 unspecified atom stereocenters. The molecular formula is C11H18N8O2S. The topological polar surface area (TPSA) is 171 Å². The summed E-state index contributed by atoms with van der Waals surface area (Å²) in [6.45, 7) is 0. The van der Waals surface area contributed by atoms with E-state index < -0.39 is 5.03 Å². The molecule has 1 aromatic rings. The lowest BCUT2D eigenvalue weighted by molar-refractivity contribution is -0.525. The molecule has 1 saturated carbocycles. The molecule has 1 aliphatic rings. The monoisotopic (exact) mass is 326 g/mol. The summed E-state index contributed by atoms with van der Waals surface area (Å²) in [4.78, 5) is 22.8. The maximum Gasteiger partial charge on any atom is 0.251 e. The number of aliphatic imine (C=N–C) groups is 2. The van der Waals surface area contributed by atoms with Crippen molar-refractivity contribution in [2.45, 2.75) is 37.6 Å². The Kier molecular flexibility index (Phi) is 5.09. The van der Waals surface area contributed by atoms with Crippen LogP contribution in [0.15, 0.2) is 15.4 Å². The molecule has 11 heteroatoms. The fraction of sp³-hybridized carbons (Fsp3) is 0.545. The van der Waals surface area contributed by atoms with Crippen LogP contribution in [0.1, 0.15) is 37.3 Å². The summed E-state index contributed by atoms with van der Waals surface area (Å²) in [7, 11) is 0. The lowest BCUT2D eigenvalue weighted by Gasteiger charge is -2.25. The molecule has 2 rings (SSSR count). The van der Waals surface area contributed by atoms with Gasteiger partial charge >= 0.3 is 0 Å². The number of nitro groups is 1. The Morgan fingerprint density at radius 1 is 1.45 bits per heavy atom. The molecule has 0 amide bonds. The normalized spacial score (nSPS) is 22.1. The number of hydrogen-bond donors (Lipinski definition) is 4. The Hall–Kier alpha value is -2.43. The Labute approximate surface area is 130 Å². The molecule has 1 fully saturated rings. The molecule has 0 radical (unpaired) electrons. The van der Waals surface area contributed by atoms with E-state index in [1.165, 1.54) is 11.3 Å². The average molecular weight is 326 g/mol. The third-order valence-electron chi connectivity index (χ3n) is 3.33. The Morgan fingerprint density at radius 3 is 2.91 bits per heavy atom. The van der Waals surface area contributed by atoms with Gasteiger partial charge in [-0.25, -0.2) is 20.1 Å². The van der Waals surface area contributed by atoms with Crippen LogP contribution in [-0.2, 0) is 0 Å². The van der Waals surface area contributed by atoms with E-state index in [1.807, 2.05) is 10.8 Å². The maximum absolute atomic E-state index is 10.3. The zero-order valence-corrected chi connectivity index (χ0v) is 12.6. The van der Waals surface area contributed by atoms with Gasteiger partial charge in [0.15, 0.2) is 11.0 Å². The van der Waals surface area contributed by atoms with Crippen LogP contribution >= 0.6 is 11.3 Å². The van der Waals surface area contributed by atoms with Gasteiger partial charge in [-0.05, 0) is 19.3 Å². The van der Waals surface area contributed by atoms with Crippen LogP contribution in [0.4, 0.5) is 5.13 Å². The predicted molar refractivity (Wildman–Crippen MR) is 84.3 cm³/mol. The van der Waals surface area contributed by atoms with Crippen molar-refractivity contribution in [3.63, 3.8) is 0 Å². The van der Waals surface area contributed by atoms with Crippen molar-refractivity contribution < 1.29 is 5.03 Å². The van der Waals surface area contributed by atoms with Crippen LogP contribution in [0.5, 0.6) is 0 Å². The lowest BCUT2D eigenvalue weighted by Crippen LogP contribution is -2.37. The van der Waals surface area contributed by atoms with Gasteiger partial charge in [-0.2, -0.15) is 4.99 Å². The molecule has 0 bridgehead atoms. The number of nitrogens with one attached hydrogen (secondary N) is 1. The third-order valence-corrected chi connectivity index (χ3v) is 4.08.